The average molecular weight is 551 g/mol. The topological polar surface area (TPSA) is 89.4 Å². The highest BCUT2D eigenvalue weighted by Gasteiger charge is 2.53. The van der Waals surface area contributed by atoms with Crippen molar-refractivity contribution < 1.29 is 24.1 Å². The van der Waals surface area contributed by atoms with E-state index in [0.29, 0.717) is 36.8 Å². The molecule has 0 aromatic heterocycles. The predicted octanol–water partition coefficient (Wildman–Crippen LogP) is 5.27. The number of ether oxygens (including phenoxy) is 3. The van der Waals surface area contributed by atoms with Gasteiger partial charge in [-0.3, -0.25) is 4.79 Å². The molecule has 0 saturated carbocycles. The zero-order valence-corrected chi connectivity index (χ0v) is 23.0. The molecule has 1 heterocycles. The number of carbonyl (C=O) groups is 1. The maximum absolute atomic E-state index is 14.3. The molecular weight excluding hydrogens is 516 g/mol. The molecule has 0 radical (unpaired) electrons. The summed E-state index contributed by atoms with van der Waals surface area (Å²) < 4.78 is 17.8. The van der Waals surface area contributed by atoms with Gasteiger partial charge in [0.15, 0.2) is 11.6 Å². The second kappa shape index (κ2) is 13.2. The molecule has 210 valence electrons. The summed E-state index contributed by atoms with van der Waals surface area (Å²) in [6, 6.07) is 34.7. The van der Waals surface area contributed by atoms with Gasteiger partial charge >= 0.3 is 0 Å². The van der Waals surface area contributed by atoms with E-state index in [1.54, 1.807) is 7.11 Å². The molecule has 2 N–H and O–H groups in total. The highest BCUT2D eigenvalue weighted by Crippen LogP contribution is 2.42. The summed E-state index contributed by atoms with van der Waals surface area (Å²) in [4.78, 5) is 19.4. The van der Waals surface area contributed by atoms with Crippen LogP contribution in [-0.4, -0.2) is 42.8 Å². The fourth-order valence-electron chi connectivity index (χ4n) is 4.99. The van der Waals surface area contributed by atoms with Gasteiger partial charge in [-0.1, -0.05) is 78.9 Å². The van der Waals surface area contributed by atoms with Gasteiger partial charge in [0, 0.05) is 37.1 Å². The molecule has 4 aromatic carbocycles. The fourth-order valence-corrected chi connectivity index (χ4v) is 4.99. The van der Waals surface area contributed by atoms with Crippen LogP contribution >= 0.6 is 0 Å². The highest BCUT2D eigenvalue weighted by molar-refractivity contribution is 6.01. The van der Waals surface area contributed by atoms with Gasteiger partial charge in [0.25, 0.3) is 5.91 Å². The molecular formula is C34H34N2O5. The van der Waals surface area contributed by atoms with E-state index < -0.39 is 11.6 Å². The van der Waals surface area contributed by atoms with Crippen molar-refractivity contribution in [2.45, 2.75) is 31.0 Å². The SMILES string of the molecule is COc1ccccc1CNC(=O)[C@]1(Cc2ccccc2)N=C(c2ccc(OCCCO)cc2)O[C@@H]1c1ccccc1. The Labute approximate surface area is 240 Å². The van der Waals surface area contributed by atoms with Gasteiger partial charge in [-0.05, 0) is 41.5 Å². The minimum Gasteiger partial charge on any atom is -0.496 e. The molecule has 2 atom stereocenters. The minimum atomic E-state index is -1.27. The summed E-state index contributed by atoms with van der Waals surface area (Å²) in [5.74, 6) is 1.55. The molecule has 0 aliphatic carbocycles. The van der Waals surface area contributed by atoms with E-state index in [1.807, 2.05) is 109 Å². The lowest BCUT2D eigenvalue weighted by Gasteiger charge is -2.31. The molecule has 0 spiro atoms. The van der Waals surface area contributed by atoms with Crippen molar-refractivity contribution in [1.29, 1.82) is 0 Å². The Morgan fingerprint density at radius 2 is 1.61 bits per heavy atom. The normalized spacial score (nSPS) is 17.8. The third-order valence-electron chi connectivity index (χ3n) is 7.08. The summed E-state index contributed by atoms with van der Waals surface area (Å²) >= 11 is 0. The first-order valence-corrected chi connectivity index (χ1v) is 13.7. The number of methoxy groups -OCH3 is 1. The van der Waals surface area contributed by atoms with E-state index in [0.717, 1.165) is 22.3 Å². The zero-order valence-electron chi connectivity index (χ0n) is 23.0. The Morgan fingerprint density at radius 3 is 2.32 bits per heavy atom. The van der Waals surface area contributed by atoms with Crippen LogP contribution in [0.5, 0.6) is 11.5 Å². The number of aliphatic hydroxyl groups excluding tert-OH is 1. The van der Waals surface area contributed by atoms with Crippen LogP contribution in [0.3, 0.4) is 0 Å². The summed E-state index contributed by atoms with van der Waals surface area (Å²) in [6.45, 7) is 0.785. The number of amides is 1. The molecule has 0 unspecified atom stereocenters. The van der Waals surface area contributed by atoms with Crippen LogP contribution in [0.25, 0.3) is 0 Å². The molecule has 7 nitrogen and oxygen atoms in total. The number of para-hydroxylation sites is 1. The molecule has 1 amide bonds. The van der Waals surface area contributed by atoms with E-state index >= 15 is 0 Å². The number of aliphatic imine (C=N–C) groups is 1. The summed E-state index contributed by atoms with van der Waals surface area (Å²) in [7, 11) is 1.62. The quantitative estimate of drug-likeness (QED) is 0.235. The van der Waals surface area contributed by atoms with Crippen molar-refractivity contribution in [3.63, 3.8) is 0 Å². The van der Waals surface area contributed by atoms with Gasteiger partial charge in [0.2, 0.25) is 5.90 Å². The van der Waals surface area contributed by atoms with E-state index in [9.17, 15) is 4.79 Å². The van der Waals surface area contributed by atoms with Gasteiger partial charge in [-0.25, -0.2) is 4.99 Å². The number of rotatable bonds is 12. The Kier molecular flexibility index (Phi) is 8.96. The smallest absolute Gasteiger partial charge is 0.252 e. The van der Waals surface area contributed by atoms with Crippen LogP contribution in [0, 0.1) is 0 Å². The summed E-state index contributed by atoms with van der Waals surface area (Å²) in [5.41, 5.74) is 2.18. The molecule has 1 aliphatic heterocycles. The second-order valence-corrected chi connectivity index (χ2v) is 9.86. The Balaban J connectivity index is 1.53. The van der Waals surface area contributed by atoms with Gasteiger partial charge in [-0.2, -0.15) is 0 Å². The number of nitrogens with one attached hydrogen (secondary N) is 1. The standard InChI is InChI=1S/C34H34N2O5/c1-39-30-16-9-8-15-28(30)24-35-33(38)34(23-25-11-4-2-5-12-25)31(26-13-6-3-7-14-26)41-32(36-34)27-17-19-29(20-18-27)40-22-10-21-37/h2-9,11-20,31,37H,10,21-24H2,1H3,(H,35,38)/t31-,34-/m1/s1. The lowest BCUT2D eigenvalue weighted by atomic mass is 9.82. The van der Waals surface area contributed by atoms with Crippen molar-refractivity contribution in [3.05, 3.63) is 131 Å². The maximum Gasteiger partial charge on any atom is 0.252 e. The maximum atomic E-state index is 14.3. The van der Waals surface area contributed by atoms with Crippen LogP contribution in [0.15, 0.2) is 114 Å². The van der Waals surface area contributed by atoms with Crippen molar-refractivity contribution in [3.8, 4) is 11.5 Å². The summed E-state index contributed by atoms with van der Waals surface area (Å²) in [6.07, 6.45) is 0.247. The van der Waals surface area contributed by atoms with Crippen LogP contribution in [0.2, 0.25) is 0 Å². The van der Waals surface area contributed by atoms with Gasteiger partial charge < -0.3 is 24.6 Å². The molecule has 41 heavy (non-hydrogen) atoms. The zero-order chi connectivity index (χ0) is 28.5. The van der Waals surface area contributed by atoms with Crippen LogP contribution in [-0.2, 0) is 22.5 Å². The van der Waals surface area contributed by atoms with Crippen molar-refractivity contribution in [1.82, 2.24) is 5.32 Å². The number of nitrogens with zero attached hydrogens (tertiary/aromatic N) is 1. The van der Waals surface area contributed by atoms with E-state index in [2.05, 4.69) is 5.32 Å². The Hall–Kier alpha value is -4.62. The predicted molar refractivity (Wildman–Crippen MR) is 158 cm³/mol. The molecule has 7 heteroatoms. The Morgan fingerprint density at radius 1 is 0.927 bits per heavy atom. The molecule has 0 saturated heterocycles. The van der Waals surface area contributed by atoms with E-state index in [1.165, 1.54) is 0 Å². The number of hydrogen-bond acceptors (Lipinski definition) is 6. The fraction of sp³-hybridized carbons (Fsp3) is 0.235. The van der Waals surface area contributed by atoms with Gasteiger partial charge in [0.05, 0.1) is 13.7 Å². The molecule has 5 rings (SSSR count). The molecule has 0 fully saturated rings. The molecule has 1 aliphatic rings. The third kappa shape index (κ3) is 6.42. The number of aliphatic hydroxyl groups is 1. The monoisotopic (exact) mass is 550 g/mol. The van der Waals surface area contributed by atoms with Gasteiger partial charge in [0.1, 0.15) is 11.5 Å². The lowest BCUT2D eigenvalue weighted by molar-refractivity contribution is -0.129. The first-order chi connectivity index (χ1) is 20.1. The van der Waals surface area contributed by atoms with Crippen molar-refractivity contribution >= 4 is 11.8 Å². The minimum absolute atomic E-state index is 0.0756. The van der Waals surface area contributed by atoms with Crippen LogP contribution in [0.4, 0.5) is 0 Å². The number of carbonyl (C=O) groups excluding carboxylic acids is 1. The van der Waals surface area contributed by atoms with Crippen LogP contribution in [0.1, 0.15) is 34.8 Å². The number of hydrogen-bond donors (Lipinski definition) is 2. The van der Waals surface area contributed by atoms with E-state index in [-0.39, 0.29) is 19.1 Å². The second-order valence-electron chi connectivity index (χ2n) is 9.86. The first-order valence-electron chi connectivity index (χ1n) is 13.7. The van der Waals surface area contributed by atoms with Crippen molar-refractivity contribution in [2.24, 2.45) is 4.99 Å². The Bertz CT molecular complexity index is 1460. The largest absolute Gasteiger partial charge is 0.496 e. The lowest BCUT2D eigenvalue weighted by Crippen LogP contribution is -2.49. The highest BCUT2D eigenvalue weighted by atomic mass is 16.5. The average Bonchev–Trinajstić information content (AvgIpc) is 3.41. The van der Waals surface area contributed by atoms with Crippen molar-refractivity contribution in [2.75, 3.05) is 20.3 Å². The number of benzene rings is 4. The molecule has 4 aromatic rings. The van der Waals surface area contributed by atoms with E-state index in [4.69, 9.17) is 24.3 Å². The first kappa shape index (κ1) is 27.9. The summed E-state index contributed by atoms with van der Waals surface area (Å²) in [5, 5.41) is 12.2. The van der Waals surface area contributed by atoms with Gasteiger partial charge in [-0.15, -0.1) is 0 Å². The third-order valence-corrected chi connectivity index (χ3v) is 7.08. The van der Waals surface area contributed by atoms with Crippen LogP contribution < -0.4 is 14.8 Å². The molecule has 0 bridgehead atoms.